The Hall–Kier alpha value is -3.59. The lowest BCUT2D eigenvalue weighted by atomic mass is 10.2. The molecule has 9 heteroatoms. The first-order valence-electron chi connectivity index (χ1n) is 9.39. The van der Waals surface area contributed by atoms with E-state index in [4.69, 9.17) is 9.47 Å². The molecule has 0 saturated carbocycles. The second-order valence-corrected chi connectivity index (χ2v) is 8.62. The predicted octanol–water partition coefficient (Wildman–Crippen LogP) is 3.39. The summed E-state index contributed by atoms with van der Waals surface area (Å²) in [6, 6.07) is 14.2. The van der Waals surface area contributed by atoms with Gasteiger partial charge in [0.25, 0.3) is 0 Å². The number of rotatable bonds is 8. The summed E-state index contributed by atoms with van der Waals surface area (Å²) in [6.45, 7) is 0.329. The number of anilines is 1. The van der Waals surface area contributed by atoms with Crippen molar-refractivity contribution in [3.05, 3.63) is 78.1 Å². The van der Waals surface area contributed by atoms with E-state index in [-0.39, 0.29) is 10.6 Å². The van der Waals surface area contributed by atoms with E-state index in [2.05, 4.69) is 15.6 Å². The predicted molar refractivity (Wildman–Crippen MR) is 117 cm³/mol. The SMILES string of the molecule is COc1ccc(CS(=O)(=O)c2ccc(NC(=O)NCc3cccnc3)cc2)c(OC)c1. The number of hydrogen-bond acceptors (Lipinski definition) is 6. The van der Waals surface area contributed by atoms with Gasteiger partial charge in [-0.1, -0.05) is 12.1 Å². The average Bonchev–Trinajstić information content (AvgIpc) is 2.79. The zero-order valence-corrected chi connectivity index (χ0v) is 18.0. The van der Waals surface area contributed by atoms with Gasteiger partial charge >= 0.3 is 6.03 Å². The molecule has 0 bridgehead atoms. The molecule has 2 amide bonds. The highest BCUT2D eigenvalue weighted by atomic mass is 32.2. The van der Waals surface area contributed by atoms with Gasteiger partial charge in [-0.2, -0.15) is 0 Å². The van der Waals surface area contributed by atoms with Gasteiger partial charge in [0.15, 0.2) is 9.84 Å². The standard InChI is InChI=1S/C22H23N3O5S/c1-29-19-8-5-17(21(12-19)30-2)15-31(27,28)20-9-6-18(7-10-20)25-22(26)24-14-16-4-3-11-23-13-16/h3-13H,14-15H2,1-2H3,(H2,24,25,26). The van der Waals surface area contributed by atoms with Crippen LogP contribution >= 0.6 is 0 Å². The van der Waals surface area contributed by atoms with Crippen molar-refractivity contribution in [1.82, 2.24) is 10.3 Å². The molecule has 1 heterocycles. The fraction of sp³-hybridized carbons (Fsp3) is 0.182. The van der Waals surface area contributed by atoms with Gasteiger partial charge in [-0.25, -0.2) is 13.2 Å². The topological polar surface area (TPSA) is 107 Å². The fourth-order valence-corrected chi connectivity index (χ4v) is 4.23. The minimum atomic E-state index is -3.61. The normalized spacial score (nSPS) is 10.9. The molecule has 0 aliphatic carbocycles. The van der Waals surface area contributed by atoms with E-state index in [1.165, 1.54) is 26.4 Å². The third-order valence-electron chi connectivity index (χ3n) is 4.49. The number of pyridine rings is 1. The van der Waals surface area contributed by atoms with Crippen LogP contribution in [-0.4, -0.2) is 33.7 Å². The van der Waals surface area contributed by atoms with Gasteiger partial charge < -0.3 is 20.1 Å². The first kappa shape index (κ1) is 22.1. The Morgan fingerprint density at radius 2 is 1.81 bits per heavy atom. The van der Waals surface area contributed by atoms with Crippen LogP contribution in [0, 0.1) is 0 Å². The average molecular weight is 442 g/mol. The largest absolute Gasteiger partial charge is 0.497 e. The maximum Gasteiger partial charge on any atom is 0.319 e. The summed E-state index contributed by atoms with van der Waals surface area (Å²) in [7, 11) is -0.608. The van der Waals surface area contributed by atoms with Gasteiger partial charge in [0.2, 0.25) is 0 Å². The molecule has 0 aliphatic rings. The highest BCUT2D eigenvalue weighted by molar-refractivity contribution is 7.90. The van der Waals surface area contributed by atoms with Crippen molar-refractivity contribution in [2.24, 2.45) is 0 Å². The number of sulfone groups is 1. The molecule has 0 aliphatic heterocycles. The summed E-state index contributed by atoms with van der Waals surface area (Å²) in [5.74, 6) is 0.792. The van der Waals surface area contributed by atoms with Crippen molar-refractivity contribution in [3.63, 3.8) is 0 Å². The van der Waals surface area contributed by atoms with Crippen molar-refractivity contribution in [1.29, 1.82) is 0 Å². The summed E-state index contributed by atoms with van der Waals surface area (Å²) < 4.78 is 36.1. The summed E-state index contributed by atoms with van der Waals surface area (Å²) in [5, 5.41) is 5.39. The van der Waals surface area contributed by atoms with E-state index in [1.54, 1.807) is 48.8 Å². The molecule has 3 rings (SSSR count). The highest BCUT2D eigenvalue weighted by Gasteiger charge is 2.18. The lowest BCUT2D eigenvalue weighted by molar-refractivity contribution is 0.251. The number of nitrogens with zero attached hydrogens (tertiary/aromatic N) is 1. The lowest BCUT2D eigenvalue weighted by Gasteiger charge is -2.12. The van der Waals surface area contributed by atoms with E-state index < -0.39 is 15.9 Å². The van der Waals surface area contributed by atoms with Crippen LogP contribution in [0.15, 0.2) is 71.9 Å². The Labute approximate surface area is 181 Å². The number of methoxy groups -OCH3 is 2. The van der Waals surface area contributed by atoms with Crippen LogP contribution in [0.1, 0.15) is 11.1 Å². The molecular formula is C22H23N3O5S. The highest BCUT2D eigenvalue weighted by Crippen LogP contribution is 2.28. The van der Waals surface area contributed by atoms with Gasteiger partial charge in [0.1, 0.15) is 11.5 Å². The van der Waals surface area contributed by atoms with Gasteiger partial charge in [-0.05, 0) is 42.0 Å². The molecule has 0 saturated heterocycles. The van der Waals surface area contributed by atoms with E-state index >= 15 is 0 Å². The number of hydrogen-bond donors (Lipinski definition) is 2. The second kappa shape index (κ2) is 9.94. The number of carbonyl (C=O) groups is 1. The third-order valence-corrected chi connectivity index (χ3v) is 6.17. The van der Waals surface area contributed by atoms with Crippen LogP contribution in [0.5, 0.6) is 11.5 Å². The molecule has 2 N–H and O–H groups in total. The minimum Gasteiger partial charge on any atom is -0.497 e. The van der Waals surface area contributed by atoms with Crippen LogP contribution in [0.4, 0.5) is 10.5 Å². The van der Waals surface area contributed by atoms with Crippen molar-refractivity contribution >= 4 is 21.6 Å². The van der Waals surface area contributed by atoms with Gasteiger partial charge in [-0.15, -0.1) is 0 Å². The van der Waals surface area contributed by atoms with E-state index in [0.717, 1.165) is 5.56 Å². The van der Waals surface area contributed by atoms with Crippen LogP contribution in [0.2, 0.25) is 0 Å². The molecule has 0 unspecified atom stereocenters. The molecule has 0 fully saturated rings. The molecule has 0 radical (unpaired) electrons. The summed E-state index contributed by atoms with van der Waals surface area (Å²) in [6.07, 6.45) is 3.32. The van der Waals surface area contributed by atoms with Crippen molar-refractivity contribution in [3.8, 4) is 11.5 Å². The monoisotopic (exact) mass is 441 g/mol. The number of carbonyl (C=O) groups excluding carboxylic acids is 1. The smallest absolute Gasteiger partial charge is 0.319 e. The Bertz CT molecular complexity index is 1130. The van der Waals surface area contributed by atoms with E-state index in [9.17, 15) is 13.2 Å². The van der Waals surface area contributed by atoms with Crippen LogP contribution < -0.4 is 20.1 Å². The van der Waals surface area contributed by atoms with E-state index in [1.807, 2.05) is 6.07 Å². The number of benzene rings is 2. The molecular weight excluding hydrogens is 418 g/mol. The Morgan fingerprint density at radius 1 is 1.03 bits per heavy atom. The first-order chi connectivity index (χ1) is 14.9. The quantitative estimate of drug-likeness (QED) is 0.555. The van der Waals surface area contributed by atoms with E-state index in [0.29, 0.717) is 29.3 Å². The van der Waals surface area contributed by atoms with Crippen LogP contribution in [-0.2, 0) is 22.1 Å². The Balaban J connectivity index is 1.64. The second-order valence-electron chi connectivity index (χ2n) is 6.63. The number of nitrogens with one attached hydrogen (secondary N) is 2. The molecule has 0 spiro atoms. The molecule has 162 valence electrons. The zero-order valence-electron chi connectivity index (χ0n) is 17.2. The number of aromatic nitrogens is 1. The maximum atomic E-state index is 12.8. The molecule has 31 heavy (non-hydrogen) atoms. The van der Waals surface area contributed by atoms with Crippen LogP contribution in [0.3, 0.4) is 0 Å². The molecule has 2 aromatic carbocycles. The van der Waals surface area contributed by atoms with Gasteiger partial charge in [0.05, 0.1) is 24.9 Å². The lowest BCUT2D eigenvalue weighted by Crippen LogP contribution is -2.28. The Morgan fingerprint density at radius 3 is 2.45 bits per heavy atom. The molecule has 8 nitrogen and oxygen atoms in total. The first-order valence-corrected chi connectivity index (χ1v) is 11.0. The zero-order chi connectivity index (χ0) is 22.3. The maximum absolute atomic E-state index is 12.8. The minimum absolute atomic E-state index is 0.145. The fourth-order valence-electron chi connectivity index (χ4n) is 2.87. The summed E-state index contributed by atoms with van der Waals surface area (Å²) >= 11 is 0. The van der Waals surface area contributed by atoms with Crippen LogP contribution in [0.25, 0.3) is 0 Å². The molecule has 1 aromatic heterocycles. The number of urea groups is 1. The molecule has 3 aromatic rings. The molecule has 0 atom stereocenters. The van der Waals surface area contributed by atoms with Crippen molar-refractivity contribution in [2.45, 2.75) is 17.2 Å². The summed E-state index contributed by atoms with van der Waals surface area (Å²) in [5.41, 5.74) is 1.87. The van der Waals surface area contributed by atoms with Gasteiger partial charge in [-0.3, -0.25) is 4.98 Å². The number of amides is 2. The van der Waals surface area contributed by atoms with Gasteiger partial charge in [0, 0.05) is 36.3 Å². The summed E-state index contributed by atoms with van der Waals surface area (Å²) in [4.78, 5) is 16.2. The number of ether oxygens (including phenoxy) is 2. The Kier molecular flexibility index (Phi) is 7.09. The van der Waals surface area contributed by atoms with Crippen molar-refractivity contribution < 1.29 is 22.7 Å². The van der Waals surface area contributed by atoms with Crippen molar-refractivity contribution in [2.75, 3.05) is 19.5 Å². The third kappa shape index (κ3) is 5.95.